The molecule has 0 saturated carbocycles. The topological polar surface area (TPSA) is 32.3 Å². The van der Waals surface area contributed by atoms with Crippen molar-refractivity contribution in [2.24, 2.45) is 5.92 Å². The van der Waals surface area contributed by atoms with Crippen LogP contribution in [0.25, 0.3) is 0 Å². The maximum Gasteiger partial charge on any atom is 0.228 e. The Hall–Kier alpha value is -1.51. The summed E-state index contributed by atoms with van der Waals surface area (Å²) >= 11 is 0. The third-order valence-corrected chi connectivity index (χ3v) is 5.21. The van der Waals surface area contributed by atoms with Crippen LogP contribution in [0.4, 0.5) is 5.69 Å². The molecule has 1 aromatic rings. The van der Waals surface area contributed by atoms with Crippen LogP contribution in [0.3, 0.4) is 0 Å². The number of amides is 1. The molecule has 0 radical (unpaired) electrons. The van der Waals surface area contributed by atoms with Crippen molar-refractivity contribution in [1.82, 2.24) is 4.90 Å². The summed E-state index contributed by atoms with van der Waals surface area (Å²) in [6.45, 7) is 6.53. The summed E-state index contributed by atoms with van der Waals surface area (Å²) in [6, 6.07) is 9.32. The molecule has 1 amide bonds. The first kappa shape index (κ1) is 14.4. The molecule has 3 rings (SSSR count). The maximum atomic E-state index is 13.1. The fourth-order valence-corrected chi connectivity index (χ4v) is 3.95. The van der Waals surface area contributed by atoms with Gasteiger partial charge in [-0.15, -0.1) is 0 Å². The van der Waals surface area contributed by atoms with Crippen LogP contribution in [-0.4, -0.2) is 28.9 Å². The Morgan fingerprint density at radius 3 is 2.52 bits per heavy atom. The smallest absolute Gasteiger partial charge is 0.228 e. The van der Waals surface area contributed by atoms with Gasteiger partial charge in [-0.1, -0.05) is 18.2 Å². The van der Waals surface area contributed by atoms with Crippen LogP contribution >= 0.6 is 0 Å². The highest BCUT2D eigenvalue weighted by molar-refractivity contribution is 5.82. The van der Waals surface area contributed by atoms with Crippen molar-refractivity contribution in [2.45, 2.75) is 64.6 Å². The first-order valence-corrected chi connectivity index (χ1v) is 8.24. The first-order valence-electron chi connectivity index (χ1n) is 8.24. The Morgan fingerprint density at radius 1 is 1.14 bits per heavy atom. The minimum atomic E-state index is 0.0582. The van der Waals surface area contributed by atoms with E-state index in [-0.39, 0.29) is 12.0 Å². The van der Waals surface area contributed by atoms with Crippen molar-refractivity contribution in [3.8, 4) is 0 Å². The van der Waals surface area contributed by atoms with E-state index in [4.69, 9.17) is 0 Å². The van der Waals surface area contributed by atoms with E-state index in [0.29, 0.717) is 18.0 Å². The van der Waals surface area contributed by atoms with Gasteiger partial charge in [0.2, 0.25) is 5.91 Å². The van der Waals surface area contributed by atoms with Gasteiger partial charge >= 0.3 is 0 Å². The van der Waals surface area contributed by atoms with Crippen LogP contribution in [0.5, 0.6) is 0 Å². The second-order valence-corrected chi connectivity index (χ2v) is 6.78. The molecule has 0 spiro atoms. The number of hydrogen-bond acceptors (Lipinski definition) is 2. The second-order valence-electron chi connectivity index (χ2n) is 6.78. The number of carbonyl (C=O) groups is 1. The lowest BCUT2D eigenvalue weighted by Crippen LogP contribution is -2.53. The predicted octanol–water partition coefficient (Wildman–Crippen LogP) is 3.45. The monoisotopic (exact) mass is 286 g/mol. The van der Waals surface area contributed by atoms with E-state index in [1.54, 1.807) is 0 Å². The van der Waals surface area contributed by atoms with Crippen LogP contribution in [0.2, 0.25) is 0 Å². The molecule has 0 aliphatic carbocycles. The average Bonchev–Trinajstić information content (AvgIpc) is 2.46. The standard InChI is InChI=1S/C18H26N2O/c1-12-7-6-8-13(2)20(12)18(21)16-11-15-9-4-5-10-17(15)19-14(16)3/h4-5,9-10,12-14,16,19H,6-8,11H2,1-3H3. The molecule has 0 bridgehead atoms. The second kappa shape index (κ2) is 5.70. The van der Waals surface area contributed by atoms with Crippen LogP contribution < -0.4 is 5.32 Å². The highest BCUT2D eigenvalue weighted by Gasteiger charge is 2.37. The molecular formula is C18H26N2O. The third-order valence-electron chi connectivity index (χ3n) is 5.21. The van der Waals surface area contributed by atoms with Gasteiger partial charge in [0, 0.05) is 23.8 Å². The quantitative estimate of drug-likeness (QED) is 0.857. The molecule has 4 unspecified atom stereocenters. The number of anilines is 1. The Bertz CT molecular complexity index is 518. The molecule has 1 saturated heterocycles. The summed E-state index contributed by atoms with van der Waals surface area (Å²) in [4.78, 5) is 15.2. The van der Waals surface area contributed by atoms with Gasteiger partial charge in [0.05, 0.1) is 5.92 Å². The molecule has 3 heteroatoms. The molecule has 2 aliphatic rings. The molecule has 4 atom stereocenters. The Balaban J connectivity index is 1.81. The van der Waals surface area contributed by atoms with Gasteiger partial charge in [-0.3, -0.25) is 4.79 Å². The van der Waals surface area contributed by atoms with Crippen LogP contribution in [0, 0.1) is 5.92 Å². The molecule has 3 nitrogen and oxygen atoms in total. The van der Waals surface area contributed by atoms with Gasteiger partial charge in [-0.05, 0) is 58.1 Å². The van der Waals surface area contributed by atoms with E-state index in [2.05, 4.69) is 55.3 Å². The number of rotatable bonds is 1. The van der Waals surface area contributed by atoms with E-state index < -0.39 is 0 Å². The van der Waals surface area contributed by atoms with Crippen molar-refractivity contribution in [2.75, 3.05) is 5.32 Å². The van der Waals surface area contributed by atoms with Crippen LogP contribution in [-0.2, 0) is 11.2 Å². The van der Waals surface area contributed by atoms with Gasteiger partial charge in [0.1, 0.15) is 0 Å². The fraction of sp³-hybridized carbons (Fsp3) is 0.611. The van der Waals surface area contributed by atoms with Crippen molar-refractivity contribution >= 4 is 11.6 Å². The molecule has 1 N–H and O–H groups in total. The van der Waals surface area contributed by atoms with Crippen molar-refractivity contribution in [3.05, 3.63) is 29.8 Å². The number of piperidine rings is 1. The van der Waals surface area contributed by atoms with E-state index in [1.807, 2.05) is 0 Å². The van der Waals surface area contributed by atoms with E-state index in [9.17, 15) is 4.79 Å². The summed E-state index contributed by atoms with van der Waals surface area (Å²) in [7, 11) is 0. The number of likely N-dealkylation sites (tertiary alicyclic amines) is 1. The number of nitrogens with one attached hydrogen (secondary N) is 1. The molecule has 0 aromatic heterocycles. The summed E-state index contributed by atoms with van der Waals surface area (Å²) in [6.07, 6.45) is 4.38. The molecule has 21 heavy (non-hydrogen) atoms. The minimum absolute atomic E-state index is 0.0582. The van der Waals surface area contributed by atoms with Crippen LogP contribution in [0.1, 0.15) is 45.6 Å². The third kappa shape index (κ3) is 2.66. The highest BCUT2D eigenvalue weighted by atomic mass is 16.2. The van der Waals surface area contributed by atoms with Gasteiger partial charge in [0.15, 0.2) is 0 Å². The molecule has 2 aliphatic heterocycles. The van der Waals surface area contributed by atoms with Crippen LogP contribution in [0.15, 0.2) is 24.3 Å². The maximum absolute atomic E-state index is 13.1. The number of hydrogen-bond donors (Lipinski definition) is 1. The number of para-hydroxylation sites is 1. The summed E-state index contributed by atoms with van der Waals surface area (Å²) < 4.78 is 0. The fourth-order valence-electron chi connectivity index (χ4n) is 3.95. The lowest BCUT2D eigenvalue weighted by Gasteiger charge is -2.43. The number of nitrogens with zero attached hydrogens (tertiary/aromatic N) is 1. The van der Waals surface area contributed by atoms with Gasteiger partial charge in [-0.2, -0.15) is 0 Å². The largest absolute Gasteiger partial charge is 0.382 e. The summed E-state index contributed by atoms with van der Waals surface area (Å²) in [5, 5.41) is 3.51. The Kier molecular flexibility index (Phi) is 3.92. The van der Waals surface area contributed by atoms with E-state index >= 15 is 0 Å². The molecule has 114 valence electrons. The van der Waals surface area contributed by atoms with Gasteiger partial charge < -0.3 is 10.2 Å². The first-order chi connectivity index (χ1) is 10.1. The summed E-state index contributed by atoms with van der Waals surface area (Å²) in [5.74, 6) is 0.395. The zero-order chi connectivity index (χ0) is 15.0. The number of carbonyl (C=O) groups excluding carboxylic acids is 1. The van der Waals surface area contributed by atoms with E-state index in [1.165, 1.54) is 17.7 Å². The summed E-state index contributed by atoms with van der Waals surface area (Å²) in [5.41, 5.74) is 2.46. The highest BCUT2D eigenvalue weighted by Crippen LogP contribution is 2.32. The normalized spacial score (nSPS) is 32.2. The molecule has 2 heterocycles. The zero-order valence-electron chi connectivity index (χ0n) is 13.3. The van der Waals surface area contributed by atoms with Crippen molar-refractivity contribution in [3.63, 3.8) is 0 Å². The average molecular weight is 286 g/mol. The molecule has 1 aromatic carbocycles. The van der Waals surface area contributed by atoms with Gasteiger partial charge in [0.25, 0.3) is 0 Å². The molecule has 1 fully saturated rings. The Labute approximate surface area is 127 Å². The minimum Gasteiger partial charge on any atom is -0.382 e. The van der Waals surface area contributed by atoms with Crippen molar-refractivity contribution < 1.29 is 4.79 Å². The van der Waals surface area contributed by atoms with Crippen molar-refractivity contribution in [1.29, 1.82) is 0 Å². The lowest BCUT2D eigenvalue weighted by molar-refractivity contribution is -0.142. The predicted molar refractivity (Wildman–Crippen MR) is 86.3 cm³/mol. The zero-order valence-corrected chi connectivity index (χ0v) is 13.3. The lowest BCUT2D eigenvalue weighted by atomic mass is 9.85. The SMILES string of the molecule is CC1Nc2ccccc2CC1C(=O)N1C(C)CCCC1C. The van der Waals surface area contributed by atoms with E-state index in [0.717, 1.165) is 19.3 Å². The number of fused-ring (bicyclic) bond motifs is 1. The Morgan fingerprint density at radius 2 is 1.81 bits per heavy atom. The molecular weight excluding hydrogens is 260 g/mol. The van der Waals surface area contributed by atoms with Gasteiger partial charge in [-0.25, -0.2) is 0 Å². The number of benzene rings is 1.